The fraction of sp³-hybridized carbons (Fsp3) is 0.667. The Labute approximate surface area is 90.1 Å². The SMILES string of the molecule is CCC1C=CC[C@]2(C)C(=O)N(C)C(=O)[C@@H]12. The second kappa shape index (κ2) is 3.19. The van der Waals surface area contributed by atoms with Crippen LogP contribution in [-0.4, -0.2) is 23.8 Å². The van der Waals surface area contributed by atoms with Crippen LogP contribution in [0.2, 0.25) is 0 Å². The quantitative estimate of drug-likeness (QED) is 0.483. The maximum absolute atomic E-state index is 12.0. The summed E-state index contributed by atoms with van der Waals surface area (Å²) in [7, 11) is 1.60. The molecule has 0 saturated carbocycles. The predicted molar refractivity (Wildman–Crippen MR) is 56.9 cm³/mol. The maximum atomic E-state index is 12.0. The zero-order chi connectivity index (χ0) is 11.2. The summed E-state index contributed by atoms with van der Waals surface area (Å²) < 4.78 is 0. The zero-order valence-electron chi connectivity index (χ0n) is 9.49. The molecule has 2 aliphatic rings. The first-order chi connectivity index (χ1) is 7.02. The number of rotatable bonds is 1. The number of imide groups is 1. The number of hydrogen-bond donors (Lipinski definition) is 0. The summed E-state index contributed by atoms with van der Waals surface area (Å²) in [6.07, 6.45) is 5.76. The summed E-state index contributed by atoms with van der Waals surface area (Å²) in [5.74, 6) is 0.0779. The molecule has 0 N–H and O–H groups in total. The van der Waals surface area contributed by atoms with Crippen molar-refractivity contribution in [3.8, 4) is 0 Å². The molecule has 1 fully saturated rings. The van der Waals surface area contributed by atoms with Crippen LogP contribution < -0.4 is 0 Å². The molecule has 1 unspecified atom stereocenters. The largest absolute Gasteiger partial charge is 0.285 e. The highest BCUT2D eigenvalue weighted by Crippen LogP contribution is 2.48. The molecular weight excluding hydrogens is 190 g/mol. The van der Waals surface area contributed by atoms with Crippen LogP contribution in [0.15, 0.2) is 12.2 Å². The van der Waals surface area contributed by atoms with Crippen molar-refractivity contribution >= 4 is 11.8 Å². The number of hydrogen-bond acceptors (Lipinski definition) is 2. The van der Waals surface area contributed by atoms with Gasteiger partial charge in [-0.25, -0.2) is 0 Å². The van der Waals surface area contributed by atoms with E-state index in [9.17, 15) is 9.59 Å². The van der Waals surface area contributed by atoms with Gasteiger partial charge >= 0.3 is 0 Å². The van der Waals surface area contributed by atoms with Crippen molar-refractivity contribution in [2.75, 3.05) is 7.05 Å². The number of carbonyl (C=O) groups is 2. The molecule has 0 aromatic heterocycles. The van der Waals surface area contributed by atoms with E-state index in [1.807, 2.05) is 6.92 Å². The standard InChI is InChI=1S/C12H17NO2/c1-4-8-6-5-7-12(2)9(8)10(14)13(3)11(12)15/h5-6,8-9H,4,7H2,1-3H3/t8?,9-,12+/m1/s1. The molecule has 1 aliphatic carbocycles. The molecule has 0 radical (unpaired) electrons. The van der Waals surface area contributed by atoms with Crippen LogP contribution >= 0.6 is 0 Å². The zero-order valence-corrected chi connectivity index (χ0v) is 9.49. The first-order valence-electron chi connectivity index (χ1n) is 5.51. The number of fused-ring (bicyclic) bond motifs is 1. The Morgan fingerprint density at radius 1 is 1.53 bits per heavy atom. The second-order valence-electron chi connectivity index (χ2n) is 4.80. The Balaban J connectivity index is 2.46. The van der Waals surface area contributed by atoms with E-state index in [1.165, 1.54) is 4.90 Å². The van der Waals surface area contributed by atoms with Crippen LogP contribution in [0.1, 0.15) is 26.7 Å². The van der Waals surface area contributed by atoms with Gasteiger partial charge in [0.1, 0.15) is 0 Å². The normalized spacial score (nSPS) is 39.8. The Hall–Kier alpha value is -1.12. The van der Waals surface area contributed by atoms with Crippen LogP contribution in [-0.2, 0) is 9.59 Å². The molecule has 3 heteroatoms. The lowest BCUT2D eigenvalue weighted by Gasteiger charge is -2.33. The van der Waals surface area contributed by atoms with Gasteiger partial charge in [-0.2, -0.15) is 0 Å². The van der Waals surface area contributed by atoms with E-state index in [0.29, 0.717) is 6.42 Å². The lowest BCUT2D eigenvalue weighted by Crippen LogP contribution is -2.37. The Morgan fingerprint density at radius 3 is 2.80 bits per heavy atom. The monoisotopic (exact) mass is 207 g/mol. The highest BCUT2D eigenvalue weighted by atomic mass is 16.2. The van der Waals surface area contributed by atoms with Crippen molar-refractivity contribution in [3.63, 3.8) is 0 Å². The van der Waals surface area contributed by atoms with Crippen molar-refractivity contribution < 1.29 is 9.59 Å². The van der Waals surface area contributed by atoms with Gasteiger partial charge in [0.05, 0.1) is 11.3 Å². The summed E-state index contributed by atoms with van der Waals surface area (Å²) in [5, 5.41) is 0. The Bertz CT molecular complexity index is 348. The third kappa shape index (κ3) is 1.18. The average molecular weight is 207 g/mol. The van der Waals surface area contributed by atoms with Crippen LogP contribution in [0.5, 0.6) is 0 Å². The first kappa shape index (κ1) is 10.4. The van der Waals surface area contributed by atoms with Gasteiger partial charge in [0.2, 0.25) is 11.8 Å². The van der Waals surface area contributed by atoms with Crippen molar-refractivity contribution in [2.24, 2.45) is 17.3 Å². The second-order valence-corrected chi connectivity index (χ2v) is 4.80. The summed E-state index contributed by atoms with van der Waals surface area (Å²) in [4.78, 5) is 25.3. The lowest BCUT2D eigenvalue weighted by atomic mass is 9.66. The molecule has 2 amide bonds. The van der Waals surface area contributed by atoms with Crippen molar-refractivity contribution in [2.45, 2.75) is 26.7 Å². The number of allylic oxidation sites excluding steroid dienone is 2. The third-order valence-corrected chi connectivity index (χ3v) is 3.90. The van der Waals surface area contributed by atoms with Gasteiger partial charge in [0.25, 0.3) is 0 Å². The van der Waals surface area contributed by atoms with Gasteiger partial charge < -0.3 is 0 Å². The predicted octanol–water partition coefficient (Wildman–Crippen LogP) is 1.59. The van der Waals surface area contributed by atoms with Gasteiger partial charge in [-0.15, -0.1) is 0 Å². The highest BCUT2D eigenvalue weighted by Gasteiger charge is 2.57. The van der Waals surface area contributed by atoms with Crippen molar-refractivity contribution in [1.82, 2.24) is 4.90 Å². The topological polar surface area (TPSA) is 37.4 Å². The van der Waals surface area contributed by atoms with Crippen LogP contribution in [0.4, 0.5) is 0 Å². The molecule has 1 aliphatic heterocycles. The van der Waals surface area contributed by atoms with Gasteiger partial charge in [0, 0.05) is 7.05 Å². The molecule has 1 saturated heterocycles. The average Bonchev–Trinajstić information content (AvgIpc) is 2.40. The first-order valence-corrected chi connectivity index (χ1v) is 5.51. The van der Waals surface area contributed by atoms with Crippen molar-refractivity contribution in [3.05, 3.63) is 12.2 Å². The van der Waals surface area contributed by atoms with E-state index in [0.717, 1.165) is 6.42 Å². The summed E-state index contributed by atoms with van der Waals surface area (Å²) >= 11 is 0. The number of amides is 2. The molecule has 0 spiro atoms. The van der Waals surface area contributed by atoms with E-state index in [1.54, 1.807) is 7.05 Å². The number of carbonyl (C=O) groups excluding carboxylic acids is 2. The smallest absolute Gasteiger partial charge is 0.235 e. The van der Waals surface area contributed by atoms with E-state index in [2.05, 4.69) is 19.1 Å². The molecule has 15 heavy (non-hydrogen) atoms. The van der Waals surface area contributed by atoms with Crippen LogP contribution in [0.3, 0.4) is 0 Å². The fourth-order valence-corrected chi connectivity index (χ4v) is 2.94. The molecule has 1 heterocycles. The van der Waals surface area contributed by atoms with Gasteiger partial charge in [-0.1, -0.05) is 19.1 Å². The molecule has 0 bridgehead atoms. The molecule has 82 valence electrons. The minimum Gasteiger partial charge on any atom is -0.285 e. The molecule has 3 nitrogen and oxygen atoms in total. The van der Waals surface area contributed by atoms with Crippen LogP contribution in [0.25, 0.3) is 0 Å². The van der Waals surface area contributed by atoms with Gasteiger partial charge in [-0.05, 0) is 25.7 Å². The van der Waals surface area contributed by atoms with E-state index in [4.69, 9.17) is 0 Å². The van der Waals surface area contributed by atoms with Crippen LogP contribution in [0, 0.1) is 17.3 Å². The third-order valence-electron chi connectivity index (χ3n) is 3.90. The fourth-order valence-electron chi connectivity index (χ4n) is 2.94. The van der Waals surface area contributed by atoms with Gasteiger partial charge in [-0.3, -0.25) is 14.5 Å². The van der Waals surface area contributed by atoms with E-state index < -0.39 is 5.41 Å². The number of likely N-dealkylation sites (tertiary alicyclic amines) is 1. The lowest BCUT2D eigenvalue weighted by molar-refractivity contribution is -0.139. The maximum Gasteiger partial charge on any atom is 0.235 e. The summed E-state index contributed by atoms with van der Waals surface area (Å²) in [5.41, 5.74) is -0.485. The highest BCUT2D eigenvalue weighted by molar-refractivity contribution is 6.07. The number of nitrogens with zero attached hydrogens (tertiary/aromatic N) is 1. The molecule has 0 aromatic carbocycles. The molecular formula is C12H17NO2. The molecule has 2 rings (SSSR count). The van der Waals surface area contributed by atoms with E-state index in [-0.39, 0.29) is 23.7 Å². The molecule has 3 atom stereocenters. The Kier molecular flexibility index (Phi) is 2.21. The van der Waals surface area contributed by atoms with Crippen molar-refractivity contribution in [1.29, 1.82) is 0 Å². The van der Waals surface area contributed by atoms with Gasteiger partial charge in [0.15, 0.2) is 0 Å². The molecule has 0 aromatic rings. The summed E-state index contributed by atoms with van der Waals surface area (Å²) in [6.45, 7) is 3.99. The Morgan fingerprint density at radius 2 is 2.20 bits per heavy atom. The summed E-state index contributed by atoms with van der Waals surface area (Å²) in [6, 6.07) is 0. The van der Waals surface area contributed by atoms with E-state index >= 15 is 0 Å². The minimum absolute atomic E-state index is 0.00120. The minimum atomic E-state index is -0.485.